The minimum Gasteiger partial charge on any atom is -0.481 e. The summed E-state index contributed by atoms with van der Waals surface area (Å²) in [4.78, 5) is 10.3. The van der Waals surface area contributed by atoms with Crippen LogP contribution in [0, 0.1) is 5.82 Å². The van der Waals surface area contributed by atoms with Crippen LogP contribution in [0.5, 0.6) is 0 Å². The van der Waals surface area contributed by atoms with Gasteiger partial charge in [0.1, 0.15) is 5.82 Å². The molecule has 0 radical (unpaired) electrons. The SMILES string of the molecule is O=C(O)CCS(=O)Cc1cccc(F)c1Cl. The predicted octanol–water partition coefficient (Wildman–Crippen LogP) is 2.20. The maximum Gasteiger partial charge on any atom is 0.304 e. The first kappa shape index (κ1) is 13.1. The van der Waals surface area contributed by atoms with Crippen LogP contribution in [-0.2, 0) is 21.3 Å². The van der Waals surface area contributed by atoms with Gasteiger partial charge < -0.3 is 5.11 Å². The molecule has 1 aromatic rings. The highest BCUT2D eigenvalue weighted by atomic mass is 35.5. The number of benzene rings is 1. The predicted molar refractivity (Wildman–Crippen MR) is 60.4 cm³/mol. The van der Waals surface area contributed by atoms with Crippen molar-refractivity contribution in [3.63, 3.8) is 0 Å². The van der Waals surface area contributed by atoms with Crippen LogP contribution in [0.25, 0.3) is 0 Å². The van der Waals surface area contributed by atoms with E-state index >= 15 is 0 Å². The molecule has 88 valence electrons. The Morgan fingerprint density at radius 2 is 2.19 bits per heavy atom. The standard InChI is InChI=1S/C10H10ClFO3S/c11-10-7(2-1-3-8(10)12)6-16(15)5-4-9(13)14/h1-3H,4-6H2,(H,13,14). The molecule has 16 heavy (non-hydrogen) atoms. The molecular formula is C10H10ClFO3S. The molecule has 1 rings (SSSR count). The molecule has 0 aliphatic rings. The molecule has 0 fully saturated rings. The average Bonchev–Trinajstić information content (AvgIpc) is 2.22. The van der Waals surface area contributed by atoms with Gasteiger partial charge in [-0.25, -0.2) is 4.39 Å². The van der Waals surface area contributed by atoms with Gasteiger partial charge in [0.05, 0.1) is 17.2 Å². The Balaban J connectivity index is 2.63. The monoisotopic (exact) mass is 264 g/mol. The van der Waals surface area contributed by atoms with Crippen LogP contribution in [0.2, 0.25) is 5.02 Å². The quantitative estimate of drug-likeness (QED) is 0.887. The minimum atomic E-state index is -1.34. The van der Waals surface area contributed by atoms with Gasteiger partial charge >= 0.3 is 5.97 Å². The maximum atomic E-state index is 13.0. The lowest BCUT2D eigenvalue weighted by atomic mass is 10.2. The lowest BCUT2D eigenvalue weighted by molar-refractivity contribution is -0.136. The summed E-state index contributed by atoms with van der Waals surface area (Å²) in [5, 5.41) is 8.36. The molecule has 1 aromatic carbocycles. The number of carboxylic acids is 1. The Labute approximate surface area is 99.7 Å². The topological polar surface area (TPSA) is 54.4 Å². The molecule has 0 amide bonds. The van der Waals surface area contributed by atoms with E-state index in [1.807, 2.05) is 0 Å². The van der Waals surface area contributed by atoms with E-state index < -0.39 is 22.6 Å². The summed E-state index contributed by atoms with van der Waals surface area (Å²) < 4.78 is 24.5. The number of hydrogen-bond donors (Lipinski definition) is 1. The molecule has 0 heterocycles. The van der Waals surface area contributed by atoms with Crippen molar-refractivity contribution in [2.75, 3.05) is 5.75 Å². The molecule has 0 saturated heterocycles. The van der Waals surface area contributed by atoms with Crippen LogP contribution in [0.1, 0.15) is 12.0 Å². The fraction of sp³-hybridized carbons (Fsp3) is 0.300. The van der Waals surface area contributed by atoms with E-state index in [-0.39, 0.29) is 22.9 Å². The van der Waals surface area contributed by atoms with E-state index in [1.54, 1.807) is 6.07 Å². The summed E-state index contributed by atoms with van der Waals surface area (Å²) in [6.07, 6.45) is -0.167. The second-order valence-corrected chi connectivity index (χ2v) is 5.10. The lowest BCUT2D eigenvalue weighted by Gasteiger charge is -2.04. The van der Waals surface area contributed by atoms with Crippen LogP contribution < -0.4 is 0 Å². The number of aliphatic carboxylic acids is 1. The summed E-state index contributed by atoms with van der Waals surface area (Å²) in [5.41, 5.74) is 0.436. The first-order valence-corrected chi connectivity index (χ1v) is 6.37. The molecule has 0 aliphatic carbocycles. The second kappa shape index (κ2) is 5.96. The van der Waals surface area contributed by atoms with Gasteiger partial charge in [-0.2, -0.15) is 0 Å². The van der Waals surface area contributed by atoms with Gasteiger partial charge in [0.2, 0.25) is 0 Å². The van der Waals surface area contributed by atoms with Crippen LogP contribution in [0.4, 0.5) is 4.39 Å². The zero-order chi connectivity index (χ0) is 12.1. The van der Waals surface area contributed by atoms with Crippen molar-refractivity contribution in [1.29, 1.82) is 0 Å². The lowest BCUT2D eigenvalue weighted by Crippen LogP contribution is -2.07. The van der Waals surface area contributed by atoms with Gasteiger partial charge in [-0.1, -0.05) is 23.7 Å². The zero-order valence-electron chi connectivity index (χ0n) is 8.28. The number of halogens is 2. The third-order valence-electron chi connectivity index (χ3n) is 1.89. The fourth-order valence-corrected chi connectivity index (χ4v) is 2.51. The molecule has 0 aromatic heterocycles. The van der Waals surface area contributed by atoms with Crippen molar-refractivity contribution in [2.24, 2.45) is 0 Å². The number of carbonyl (C=O) groups is 1. The fourth-order valence-electron chi connectivity index (χ4n) is 1.11. The van der Waals surface area contributed by atoms with E-state index in [0.717, 1.165) is 0 Å². The molecule has 0 bridgehead atoms. The molecule has 1 unspecified atom stereocenters. The Hall–Kier alpha value is -0.940. The summed E-state index contributed by atoms with van der Waals surface area (Å²) in [5.74, 6) is -1.44. The molecule has 6 heteroatoms. The molecular weight excluding hydrogens is 255 g/mol. The van der Waals surface area contributed by atoms with E-state index in [9.17, 15) is 13.4 Å². The summed E-state index contributed by atoms with van der Waals surface area (Å²) in [6.45, 7) is 0. The van der Waals surface area contributed by atoms with Crippen molar-refractivity contribution >= 4 is 28.4 Å². The van der Waals surface area contributed by atoms with Crippen LogP contribution in [0.15, 0.2) is 18.2 Å². The third-order valence-corrected chi connectivity index (χ3v) is 3.61. The van der Waals surface area contributed by atoms with Gasteiger partial charge in [-0.05, 0) is 11.6 Å². The minimum absolute atomic E-state index is 0.0438. The van der Waals surface area contributed by atoms with Crippen molar-refractivity contribution < 1.29 is 18.5 Å². The highest BCUT2D eigenvalue weighted by Crippen LogP contribution is 2.20. The van der Waals surface area contributed by atoms with Gasteiger partial charge in [0.25, 0.3) is 0 Å². The van der Waals surface area contributed by atoms with Gasteiger partial charge in [0, 0.05) is 16.6 Å². The summed E-state index contributed by atoms with van der Waals surface area (Å²) >= 11 is 5.67. The van der Waals surface area contributed by atoms with Crippen molar-refractivity contribution in [3.05, 3.63) is 34.6 Å². The van der Waals surface area contributed by atoms with E-state index in [0.29, 0.717) is 5.56 Å². The van der Waals surface area contributed by atoms with Gasteiger partial charge in [-0.3, -0.25) is 9.00 Å². The maximum absolute atomic E-state index is 13.0. The van der Waals surface area contributed by atoms with Crippen LogP contribution in [0.3, 0.4) is 0 Å². The first-order chi connectivity index (χ1) is 7.50. The van der Waals surface area contributed by atoms with Crippen LogP contribution >= 0.6 is 11.6 Å². The Morgan fingerprint density at radius 3 is 2.81 bits per heavy atom. The van der Waals surface area contributed by atoms with Gasteiger partial charge in [0.15, 0.2) is 0 Å². The highest BCUT2D eigenvalue weighted by Gasteiger charge is 2.10. The number of rotatable bonds is 5. The van der Waals surface area contributed by atoms with Crippen molar-refractivity contribution in [3.8, 4) is 0 Å². The molecule has 0 aliphatic heterocycles. The smallest absolute Gasteiger partial charge is 0.304 e. The number of hydrogen-bond acceptors (Lipinski definition) is 2. The largest absolute Gasteiger partial charge is 0.481 e. The molecule has 3 nitrogen and oxygen atoms in total. The molecule has 1 atom stereocenters. The normalized spacial score (nSPS) is 12.4. The summed E-state index contributed by atoms with van der Waals surface area (Å²) in [7, 11) is -1.34. The Kier molecular flexibility index (Phi) is 4.89. The van der Waals surface area contributed by atoms with E-state index in [4.69, 9.17) is 16.7 Å². The van der Waals surface area contributed by atoms with Gasteiger partial charge in [-0.15, -0.1) is 0 Å². The second-order valence-electron chi connectivity index (χ2n) is 3.14. The zero-order valence-corrected chi connectivity index (χ0v) is 9.85. The number of carboxylic acid groups (broad SMARTS) is 1. The highest BCUT2D eigenvalue weighted by molar-refractivity contribution is 7.84. The van der Waals surface area contributed by atoms with Crippen molar-refractivity contribution in [2.45, 2.75) is 12.2 Å². The molecule has 0 saturated carbocycles. The van der Waals surface area contributed by atoms with E-state index in [2.05, 4.69) is 0 Å². The van der Waals surface area contributed by atoms with Crippen molar-refractivity contribution in [1.82, 2.24) is 0 Å². The van der Waals surface area contributed by atoms with Crippen LogP contribution in [-0.4, -0.2) is 21.0 Å². The Morgan fingerprint density at radius 1 is 1.50 bits per heavy atom. The Bertz CT molecular complexity index is 423. The molecule has 0 spiro atoms. The molecule has 1 N–H and O–H groups in total. The third kappa shape index (κ3) is 3.90. The first-order valence-electron chi connectivity index (χ1n) is 4.50. The van der Waals surface area contributed by atoms with E-state index in [1.165, 1.54) is 12.1 Å². The average molecular weight is 265 g/mol. The summed E-state index contributed by atoms with van der Waals surface area (Å²) in [6, 6.07) is 4.26.